The van der Waals surface area contributed by atoms with E-state index in [9.17, 15) is 24.5 Å². The van der Waals surface area contributed by atoms with Crippen LogP contribution in [0.2, 0.25) is 5.02 Å². The first-order valence-corrected chi connectivity index (χ1v) is 11.6. The smallest absolute Gasteiger partial charge is 0.343 e. The summed E-state index contributed by atoms with van der Waals surface area (Å²) in [5.41, 5.74) is 0.882. The van der Waals surface area contributed by atoms with Gasteiger partial charge in [-0.15, -0.1) is 0 Å². The summed E-state index contributed by atoms with van der Waals surface area (Å²) >= 11 is 7.00. The number of nitrogens with zero attached hydrogens (tertiary/aromatic N) is 2. The van der Waals surface area contributed by atoms with E-state index in [-0.39, 0.29) is 33.5 Å². The molecule has 182 valence electrons. The summed E-state index contributed by atoms with van der Waals surface area (Å²) in [4.78, 5) is 49.5. The third-order valence-electron chi connectivity index (χ3n) is 5.17. The highest BCUT2D eigenvalue weighted by Crippen LogP contribution is 2.35. The van der Waals surface area contributed by atoms with Gasteiger partial charge in [-0.25, -0.2) is 4.79 Å². The molecule has 1 aliphatic heterocycles. The lowest BCUT2D eigenvalue weighted by Gasteiger charge is -2.12. The summed E-state index contributed by atoms with van der Waals surface area (Å²) < 4.78 is 10.4. The van der Waals surface area contributed by atoms with Crippen LogP contribution in [0.5, 0.6) is 11.5 Å². The second kappa shape index (κ2) is 10.6. The Hall–Kier alpha value is -4.15. The van der Waals surface area contributed by atoms with Crippen LogP contribution < -0.4 is 9.47 Å². The van der Waals surface area contributed by atoms with Crippen LogP contribution in [0.4, 0.5) is 10.5 Å². The van der Waals surface area contributed by atoms with Gasteiger partial charge in [0.1, 0.15) is 11.5 Å². The van der Waals surface area contributed by atoms with Gasteiger partial charge in [0, 0.05) is 11.6 Å². The number of halogens is 1. The van der Waals surface area contributed by atoms with Crippen molar-refractivity contribution in [1.82, 2.24) is 4.90 Å². The number of hydrogen-bond donors (Lipinski definition) is 0. The zero-order chi connectivity index (χ0) is 25.8. The van der Waals surface area contributed by atoms with E-state index in [2.05, 4.69) is 0 Å². The monoisotopic (exact) mass is 524 g/mol. The lowest BCUT2D eigenvalue weighted by Crippen LogP contribution is -2.27. The van der Waals surface area contributed by atoms with E-state index >= 15 is 0 Å². The van der Waals surface area contributed by atoms with Crippen LogP contribution in [0.15, 0.2) is 71.6 Å². The van der Waals surface area contributed by atoms with Crippen molar-refractivity contribution in [2.45, 2.75) is 6.54 Å². The lowest BCUT2D eigenvalue weighted by molar-refractivity contribution is -0.385. The first kappa shape index (κ1) is 25.0. The summed E-state index contributed by atoms with van der Waals surface area (Å²) in [7, 11) is 1.52. The molecule has 0 bridgehead atoms. The number of imide groups is 1. The predicted octanol–water partition coefficient (Wildman–Crippen LogP) is 5.71. The number of carbonyl (C=O) groups is 3. The number of para-hydroxylation sites is 1. The molecule has 1 fully saturated rings. The molecule has 0 unspecified atom stereocenters. The third kappa shape index (κ3) is 5.40. The first-order chi connectivity index (χ1) is 17.3. The Labute approximate surface area is 214 Å². The van der Waals surface area contributed by atoms with Gasteiger partial charge in [-0.2, -0.15) is 0 Å². The summed E-state index contributed by atoms with van der Waals surface area (Å²) in [5.74, 6) is -0.461. The quantitative estimate of drug-likeness (QED) is 0.127. The second-order valence-corrected chi connectivity index (χ2v) is 8.86. The topological polar surface area (TPSA) is 116 Å². The van der Waals surface area contributed by atoms with Crippen molar-refractivity contribution >= 4 is 52.2 Å². The number of carbonyl (C=O) groups excluding carboxylic acids is 3. The Morgan fingerprint density at radius 3 is 2.50 bits per heavy atom. The maximum atomic E-state index is 12.8. The number of benzene rings is 3. The van der Waals surface area contributed by atoms with Gasteiger partial charge >= 0.3 is 5.97 Å². The zero-order valence-corrected chi connectivity index (χ0v) is 20.2. The minimum Gasteiger partial charge on any atom is -0.497 e. The molecule has 36 heavy (non-hydrogen) atoms. The number of rotatable bonds is 7. The molecule has 1 aliphatic rings. The van der Waals surface area contributed by atoms with E-state index in [1.165, 1.54) is 43.5 Å². The van der Waals surface area contributed by atoms with E-state index in [0.717, 1.165) is 16.7 Å². The molecular weight excluding hydrogens is 508 g/mol. The largest absolute Gasteiger partial charge is 0.497 e. The van der Waals surface area contributed by atoms with Gasteiger partial charge in [0.25, 0.3) is 16.8 Å². The van der Waals surface area contributed by atoms with E-state index in [0.29, 0.717) is 16.9 Å². The Balaban J connectivity index is 1.48. The number of nitro benzene ring substituents is 1. The van der Waals surface area contributed by atoms with E-state index < -0.39 is 22.0 Å². The molecule has 4 rings (SSSR count). The normalized spacial score (nSPS) is 14.3. The maximum Gasteiger partial charge on any atom is 0.343 e. The minimum atomic E-state index is -0.608. The van der Waals surface area contributed by atoms with Crippen LogP contribution in [0, 0.1) is 10.1 Å². The maximum absolute atomic E-state index is 12.8. The minimum absolute atomic E-state index is 0.124. The second-order valence-electron chi connectivity index (χ2n) is 7.46. The van der Waals surface area contributed by atoms with Gasteiger partial charge in [-0.1, -0.05) is 35.9 Å². The number of ether oxygens (including phenoxy) is 2. The van der Waals surface area contributed by atoms with Crippen LogP contribution in [0.25, 0.3) is 6.08 Å². The highest BCUT2D eigenvalue weighted by Gasteiger charge is 2.36. The van der Waals surface area contributed by atoms with Gasteiger partial charge < -0.3 is 9.47 Å². The Morgan fingerprint density at radius 2 is 1.83 bits per heavy atom. The van der Waals surface area contributed by atoms with Gasteiger partial charge in [-0.05, 0) is 59.8 Å². The van der Waals surface area contributed by atoms with Crippen LogP contribution in [-0.2, 0) is 11.3 Å². The van der Waals surface area contributed by atoms with Crippen molar-refractivity contribution in [3.63, 3.8) is 0 Å². The molecule has 0 aromatic heterocycles. The van der Waals surface area contributed by atoms with Crippen molar-refractivity contribution in [3.05, 3.63) is 103 Å². The van der Waals surface area contributed by atoms with Crippen molar-refractivity contribution in [3.8, 4) is 11.5 Å². The fourth-order valence-electron chi connectivity index (χ4n) is 3.36. The Bertz CT molecular complexity index is 1410. The number of methoxy groups -OCH3 is 1. The predicted molar refractivity (Wildman–Crippen MR) is 134 cm³/mol. The molecule has 11 heteroatoms. The Morgan fingerprint density at radius 1 is 1.11 bits per heavy atom. The number of esters is 1. The van der Waals surface area contributed by atoms with Crippen LogP contribution in [0.1, 0.15) is 21.5 Å². The van der Waals surface area contributed by atoms with Gasteiger partial charge in [-0.3, -0.25) is 24.6 Å². The first-order valence-electron chi connectivity index (χ1n) is 10.4. The van der Waals surface area contributed by atoms with Crippen molar-refractivity contribution in [1.29, 1.82) is 0 Å². The summed E-state index contributed by atoms with van der Waals surface area (Å²) in [6, 6.07) is 16.9. The molecule has 0 radical (unpaired) electrons. The molecule has 1 saturated heterocycles. The van der Waals surface area contributed by atoms with Crippen molar-refractivity contribution in [2.24, 2.45) is 0 Å². The van der Waals surface area contributed by atoms with Crippen LogP contribution in [0.3, 0.4) is 0 Å². The fraction of sp³-hybridized carbons (Fsp3) is 0.0800. The third-order valence-corrected chi connectivity index (χ3v) is 6.38. The number of thioether (sulfide) groups is 1. The standard InChI is InChI=1S/C25H17ClN2O7S/c1-34-18-9-7-16(8-10-18)24(30)35-21-11-6-15(12-19(21)26)13-22-23(29)27(25(31)36-22)14-17-4-2-3-5-20(17)28(32)33/h2-13H,14H2,1H3/b22-13-. The Kier molecular flexibility index (Phi) is 7.37. The molecule has 3 aromatic carbocycles. The van der Waals surface area contributed by atoms with Gasteiger partial charge in [0.2, 0.25) is 0 Å². The number of hydrogen-bond acceptors (Lipinski definition) is 8. The van der Waals surface area contributed by atoms with Crippen LogP contribution >= 0.6 is 23.4 Å². The molecule has 2 amide bonds. The summed E-state index contributed by atoms with van der Waals surface area (Å²) in [6.45, 7) is -0.222. The molecule has 0 spiro atoms. The van der Waals surface area contributed by atoms with E-state index in [4.69, 9.17) is 21.1 Å². The molecule has 1 heterocycles. The van der Waals surface area contributed by atoms with Crippen LogP contribution in [-0.4, -0.2) is 34.0 Å². The highest BCUT2D eigenvalue weighted by molar-refractivity contribution is 8.18. The average molecular weight is 525 g/mol. The number of amides is 2. The molecule has 0 atom stereocenters. The molecule has 0 saturated carbocycles. The molecule has 0 N–H and O–H groups in total. The van der Waals surface area contributed by atoms with Crippen molar-refractivity contribution in [2.75, 3.05) is 7.11 Å². The van der Waals surface area contributed by atoms with E-state index in [1.54, 1.807) is 36.4 Å². The summed E-state index contributed by atoms with van der Waals surface area (Å²) in [5, 5.41) is 10.8. The fourth-order valence-corrected chi connectivity index (χ4v) is 4.42. The summed E-state index contributed by atoms with van der Waals surface area (Å²) in [6.07, 6.45) is 1.48. The van der Waals surface area contributed by atoms with Crippen molar-refractivity contribution < 1.29 is 28.8 Å². The average Bonchev–Trinajstić information content (AvgIpc) is 3.13. The molecule has 0 aliphatic carbocycles. The SMILES string of the molecule is COc1ccc(C(=O)Oc2ccc(/C=C3\SC(=O)N(Cc4ccccc4[N+](=O)[O-])C3=O)cc2Cl)cc1. The number of nitro groups is 1. The molecule has 9 nitrogen and oxygen atoms in total. The van der Waals surface area contributed by atoms with Gasteiger partial charge in [0.05, 0.1) is 34.1 Å². The highest BCUT2D eigenvalue weighted by atomic mass is 35.5. The lowest BCUT2D eigenvalue weighted by atomic mass is 10.1. The molecular formula is C25H17ClN2O7S. The van der Waals surface area contributed by atoms with E-state index in [1.807, 2.05) is 0 Å². The zero-order valence-electron chi connectivity index (χ0n) is 18.7. The van der Waals surface area contributed by atoms with Gasteiger partial charge in [0.15, 0.2) is 0 Å². The molecule has 3 aromatic rings.